The topological polar surface area (TPSA) is 115 Å². The molecule has 0 bridgehead atoms. The number of carbonyl (C=O) groups excluding carboxylic acids is 1. The average Bonchev–Trinajstić information content (AvgIpc) is 2.96. The summed E-state index contributed by atoms with van der Waals surface area (Å²) in [6.07, 6.45) is -3.44. The lowest BCUT2D eigenvalue weighted by Crippen LogP contribution is -2.20. The summed E-state index contributed by atoms with van der Waals surface area (Å²) >= 11 is 25.0. The van der Waals surface area contributed by atoms with E-state index in [0.717, 1.165) is 12.3 Å². The Morgan fingerprint density at radius 2 is 1.65 bits per heavy atom. The normalized spacial score (nSPS) is 11.2. The van der Waals surface area contributed by atoms with Crippen LogP contribution in [0.4, 0.5) is 18.9 Å². The van der Waals surface area contributed by atoms with Crippen molar-refractivity contribution in [3.05, 3.63) is 119 Å². The van der Waals surface area contributed by atoms with Crippen LogP contribution in [-0.2, 0) is 12.6 Å². The number of amides is 1. The van der Waals surface area contributed by atoms with Gasteiger partial charge in [0.15, 0.2) is 0 Å². The molecule has 2 aromatic carbocycles. The summed E-state index contributed by atoms with van der Waals surface area (Å²) in [4.78, 5) is 43.1. The molecule has 0 aliphatic carbocycles. The van der Waals surface area contributed by atoms with Crippen molar-refractivity contribution in [1.82, 2.24) is 14.9 Å². The van der Waals surface area contributed by atoms with Gasteiger partial charge in [0.1, 0.15) is 5.56 Å². The third kappa shape index (κ3) is 10.6. The van der Waals surface area contributed by atoms with Crippen molar-refractivity contribution in [3.8, 4) is 0 Å². The minimum absolute atomic E-state index is 0.119. The number of benzene rings is 2. The summed E-state index contributed by atoms with van der Waals surface area (Å²) in [5.41, 5.74) is -1.18. The molecular weight excluding hydrogens is 711 g/mol. The maximum Gasteiger partial charge on any atom is 0.417 e. The lowest BCUT2D eigenvalue weighted by atomic mass is 10.1. The number of rotatable bonds is 9. The summed E-state index contributed by atoms with van der Waals surface area (Å²) in [5.74, 6) is -1.64. The number of thioether (sulfide) groups is 1. The van der Waals surface area contributed by atoms with Gasteiger partial charge in [0, 0.05) is 45.7 Å². The van der Waals surface area contributed by atoms with E-state index in [4.69, 9.17) is 51.5 Å². The molecule has 244 valence electrons. The van der Waals surface area contributed by atoms with E-state index in [-0.39, 0.29) is 21.3 Å². The molecule has 46 heavy (non-hydrogen) atoms. The van der Waals surface area contributed by atoms with Gasteiger partial charge in [0.25, 0.3) is 11.5 Å². The number of nitrogens with zero attached hydrogens (tertiary/aromatic N) is 2. The van der Waals surface area contributed by atoms with Crippen LogP contribution >= 0.6 is 58.2 Å². The second-order valence-electron chi connectivity index (χ2n) is 9.70. The predicted octanol–water partition coefficient (Wildman–Crippen LogP) is 8.28. The van der Waals surface area contributed by atoms with Crippen molar-refractivity contribution in [3.63, 3.8) is 0 Å². The zero-order valence-corrected chi connectivity index (χ0v) is 27.9. The first kappa shape index (κ1) is 37.2. The quantitative estimate of drug-likeness (QED) is 0.148. The van der Waals surface area contributed by atoms with E-state index in [1.165, 1.54) is 42.1 Å². The molecule has 0 aliphatic rings. The van der Waals surface area contributed by atoms with Crippen LogP contribution in [0.3, 0.4) is 0 Å². The Hall–Kier alpha value is -3.26. The van der Waals surface area contributed by atoms with Crippen LogP contribution in [0.25, 0.3) is 0 Å². The number of nitrogens with one attached hydrogen (secondary N) is 2. The number of carbonyl (C=O) groups is 2. The number of hydrogen-bond donors (Lipinski definition) is 3. The number of H-pyrrole nitrogens is 1. The standard InChI is InChI=1S/C17H16Cl2F3N3OS.C13H9Cl2NO3/c1-25(2)5-6-27-15-8-12(17(20,21)22)11(9-23-15)16(26)24-14-4-3-10(18)7-13(14)19;14-10-2-1-3-11(15)9(10)6-7-4-5-8(13(18)19)12(17)16-7/h3-4,7-9H,5-6H2,1-2H3,(H,24,26);1-5H,6H2,(H,16,17)(H,18,19). The number of pyridine rings is 2. The fourth-order valence-electron chi connectivity index (χ4n) is 3.72. The SMILES string of the molecule is CN(C)CCSc1cc(C(F)(F)F)c(C(=O)Nc2ccc(Cl)cc2Cl)cn1.O=C(O)c1ccc(Cc2c(Cl)cccc2Cl)[nH]c1=O. The summed E-state index contributed by atoms with van der Waals surface area (Å²) in [6, 6.07) is 13.1. The van der Waals surface area contributed by atoms with Gasteiger partial charge in [-0.15, -0.1) is 11.8 Å². The molecule has 0 saturated carbocycles. The number of aromatic carboxylic acids is 1. The molecule has 3 N–H and O–H groups in total. The minimum Gasteiger partial charge on any atom is -0.477 e. The van der Waals surface area contributed by atoms with Gasteiger partial charge in [-0.05, 0) is 68.2 Å². The zero-order valence-electron chi connectivity index (χ0n) is 24.0. The highest BCUT2D eigenvalue weighted by Crippen LogP contribution is 2.35. The maximum absolute atomic E-state index is 13.4. The monoisotopic (exact) mass is 734 g/mol. The zero-order chi connectivity index (χ0) is 34.2. The molecule has 0 fully saturated rings. The number of alkyl halides is 3. The number of aromatic nitrogens is 2. The highest BCUT2D eigenvalue weighted by atomic mass is 35.5. The van der Waals surface area contributed by atoms with Gasteiger partial charge >= 0.3 is 12.1 Å². The summed E-state index contributed by atoms with van der Waals surface area (Å²) < 4.78 is 40.3. The van der Waals surface area contributed by atoms with Gasteiger partial charge in [-0.3, -0.25) is 9.59 Å². The first-order valence-electron chi connectivity index (χ1n) is 13.1. The molecule has 1 amide bonds. The van der Waals surface area contributed by atoms with Crippen LogP contribution in [0.5, 0.6) is 0 Å². The largest absolute Gasteiger partial charge is 0.477 e. The van der Waals surface area contributed by atoms with E-state index in [9.17, 15) is 27.6 Å². The average molecular weight is 736 g/mol. The van der Waals surface area contributed by atoms with Gasteiger partial charge in [-0.25, -0.2) is 9.78 Å². The molecule has 4 aromatic rings. The number of anilines is 1. The van der Waals surface area contributed by atoms with Gasteiger partial charge in [-0.2, -0.15) is 13.2 Å². The Kier molecular flexibility index (Phi) is 13.4. The summed E-state index contributed by atoms with van der Waals surface area (Å²) in [7, 11) is 3.73. The van der Waals surface area contributed by atoms with E-state index in [2.05, 4.69) is 15.3 Å². The van der Waals surface area contributed by atoms with Crippen LogP contribution in [0.1, 0.15) is 37.5 Å². The Labute approximate surface area is 285 Å². The number of aromatic amines is 1. The van der Waals surface area contributed by atoms with E-state index < -0.39 is 34.7 Å². The molecule has 0 aliphatic heterocycles. The Balaban J connectivity index is 0.000000266. The third-order valence-corrected chi connectivity index (χ3v) is 8.19. The van der Waals surface area contributed by atoms with E-state index >= 15 is 0 Å². The molecule has 16 heteroatoms. The Bertz CT molecular complexity index is 1770. The Morgan fingerprint density at radius 1 is 0.978 bits per heavy atom. The van der Waals surface area contributed by atoms with Crippen molar-refractivity contribution in [1.29, 1.82) is 0 Å². The van der Waals surface area contributed by atoms with E-state index in [1.54, 1.807) is 18.2 Å². The van der Waals surface area contributed by atoms with Crippen LogP contribution in [0.15, 0.2) is 70.6 Å². The fourth-order valence-corrected chi connectivity index (χ4v) is 5.70. The van der Waals surface area contributed by atoms with Crippen LogP contribution in [0.2, 0.25) is 20.1 Å². The molecule has 0 spiro atoms. The second-order valence-corrected chi connectivity index (χ2v) is 12.5. The predicted molar refractivity (Wildman–Crippen MR) is 176 cm³/mol. The van der Waals surface area contributed by atoms with Crippen molar-refractivity contribution in [2.75, 3.05) is 31.7 Å². The molecular formula is C30H25Cl4F3N4O4S. The molecule has 2 heterocycles. The number of carboxylic acids is 1. The van der Waals surface area contributed by atoms with Gasteiger partial charge in [-0.1, -0.05) is 52.5 Å². The lowest BCUT2D eigenvalue weighted by Gasteiger charge is -2.15. The highest BCUT2D eigenvalue weighted by Gasteiger charge is 2.36. The van der Waals surface area contributed by atoms with Crippen LogP contribution in [-0.4, -0.2) is 58.2 Å². The Morgan fingerprint density at radius 3 is 2.22 bits per heavy atom. The first-order chi connectivity index (χ1) is 21.6. The van der Waals surface area contributed by atoms with Gasteiger partial charge in [0.05, 0.1) is 26.9 Å². The molecule has 8 nitrogen and oxygen atoms in total. The minimum atomic E-state index is -4.70. The van der Waals surface area contributed by atoms with Gasteiger partial charge < -0.3 is 20.3 Å². The molecule has 0 radical (unpaired) electrons. The third-order valence-electron chi connectivity index (χ3n) is 6.03. The fraction of sp³-hybridized carbons (Fsp3) is 0.200. The number of carboxylic acid groups (broad SMARTS) is 1. The number of halogens is 7. The number of hydrogen-bond acceptors (Lipinski definition) is 6. The van der Waals surface area contributed by atoms with Crippen molar-refractivity contribution in [2.45, 2.75) is 17.6 Å². The van der Waals surface area contributed by atoms with Crippen molar-refractivity contribution >= 4 is 75.7 Å². The second kappa shape index (κ2) is 16.5. The van der Waals surface area contributed by atoms with Gasteiger partial charge in [0.2, 0.25) is 0 Å². The van der Waals surface area contributed by atoms with E-state index in [0.29, 0.717) is 45.0 Å². The molecule has 4 rings (SSSR count). The van der Waals surface area contributed by atoms with Crippen LogP contribution < -0.4 is 10.9 Å². The summed E-state index contributed by atoms with van der Waals surface area (Å²) in [5, 5.41) is 12.8. The molecule has 0 saturated heterocycles. The molecule has 2 aromatic heterocycles. The van der Waals surface area contributed by atoms with Crippen LogP contribution in [0, 0.1) is 0 Å². The van der Waals surface area contributed by atoms with E-state index in [1.807, 2.05) is 19.0 Å². The van der Waals surface area contributed by atoms with Crippen molar-refractivity contribution < 1.29 is 27.9 Å². The molecule has 0 unspecified atom stereocenters. The summed E-state index contributed by atoms with van der Waals surface area (Å²) in [6.45, 7) is 0.686. The maximum atomic E-state index is 13.4. The highest BCUT2D eigenvalue weighted by molar-refractivity contribution is 7.99. The lowest BCUT2D eigenvalue weighted by molar-refractivity contribution is -0.138. The smallest absolute Gasteiger partial charge is 0.417 e. The first-order valence-corrected chi connectivity index (χ1v) is 15.6. The van der Waals surface area contributed by atoms with Crippen molar-refractivity contribution in [2.24, 2.45) is 0 Å². The molecule has 0 atom stereocenters.